The molecule has 30 heavy (non-hydrogen) atoms. The number of hydrogen-bond acceptors (Lipinski definition) is 6. The van der Waals surface area contributed by atoms with E-state index < -0.39 is 4.92 Å². The topological polar surface area (TPSA) is 75.9 Å². The molecule has 0 saturated carbocycles. The smallest absolute Gasteiger partial charge is 0.296 e. The number of carbonyl (C=O) groups is 1. The van der Waals surface area contributed by atoms with Crippen molar-refractivity contribution in [2.75, 3.05) is 38.2 Å². The van der Waals surface area contributed by atoms with Crippen molar-refractivity contribution in [1.82, 2.24) is 4.90 Å². The molecule has 2 aromatic carbocycles. The number of piperazine rings is 1. The third-order valence-corrected chi connectivity index (χ3v) is 6.95. The SMILES string of the molecule is COc1ccc(N2CCN(C(=O)c3sc4cc(Cl)ccc4c3Cl)CC2)c([N+](=O)[O-])c1. The van der Waals surface area contributed by atoms with Gasteiger partial charge in [0.05, 0.1) is 23.1 Å². The first-order chi connectivity index (χ1) is 14.4. The van der Waals surface area contributed by atoms with E-state index >= 15 is 0 Å². The lowest BCUT2D eigenvalue weighted by Crippen LogP contribution is -2.48. The van der Waals surface area contributed by atoms with Crippen LogP contribution in [0.25, 0.3) is 10.1 Å². The largest absolute Gasteiger partial charge is 0.496 e. The molecule has 0 radical (unpaired) electrons. The maximum absolute atomic E-state index is 13.1. The van der Waals surface area contributed by atoms with E-state index in [1.807, 2.05) is 11.0 Å². The first-order valence-corrected chi connectivity index (χ1v) is 10.7. The summed E-state index contributed by atoms with van der Waals surface area (Å²) >= 11 is 13.8. The average molecular weight is 466 g/mol. The van der Waals surface area contributed by atoms with Crippen LogP contribution in [0.1, 0.15) is 9.67 Å². The minimum absolute atomic E-state index is 0.0152. The molecule has 4 rings (SSSR count). The standard InChI is InChI=1S/C20H17Cl2N3O4S/c1-29-13-3-5-15(16(11-13)25(27)28)23-6-8-24(9-7-23)20(26)19-18(22)14-4-2-12(21)10-17(14)30-19/h2-5,10-11H,6-9H2,1H3. The van der Waals surface area contributed by atoms with E-state index in [1.165, 1.54) is 24.5 Å². The van der Waals surface area contributed by atoms with Gasteiger partial charge in [0.15, 0.2) is 0 Å². The highest BCUT2D eigenvalue weighted by Gasteiger charge is 2.29. The van der Waals surface area contributed by atoms with E-state index in [2.05, 4.69) is 0 Å². The zero-order valence-electron chi connectivity index (χ0n) is 15.9. The van der Waals surface area contributed by atoms with Crippen molar-refractivity contribution in [3.8, 4) is 5.75 Å². The van der Waals surface area contributed by atoms with Crippen molar-refractivity contribution in [3.05, 3.63) is 61.4 Å². The number of anilines is 1. The fourth-order valence-electron chi connectivity index (χ4n) is 3.51. The van der Waals surface area contributed by atoms with Crippen LogP contribution in [0.2, 0.25) is 10.0 Å². The van der Waals surface area contributed by atoms with Crippen LogP contribution in [0.3, 0.4) is 0 Å². The fraction of sp³-hybridized carbons (Fsp3) is 0.250. The predicted molar refractivity (Wildman–Crippen MR) is 120 cm³/mol. The minimum Gasteiger partial charge on any atom is -0.496 e. The molecular weight excluding hydrogens is 449 g/mol. The Bertz CT molecular complexity index is 1140. The highest BCUT2D eigenvalue weighted by molar-refractivity contribution is 7.21. The Labute approximate surface area is 186 Å². The summed E-state index contributed by atoms with van der Waals surface area (Å²) in [5.41, 5.74) is 0.501. The van der Waals surface area contributed by atoms with Gasteiger partial charge < -0.3 is 14.5 Å². The van der Waals surface area contributed by atoms with Crippen LogP contribution in [-0.4, -0.2) is 49.0 Å². The van der Waals surface area contributed by atoms with Gasteiger partial charge in [0.25, 0.3) is 11.6 Å². The second-order valence-electron chi connectivity index (χ2n) is 6.78. The molecule has 0 atom stereocenters. The molecule has 156 valence electrons. The summed E-state index contributed by atoms with van der Waals surface area (Å²) in [5, 5.41) is 13.3. The number of benzene rings is 2. The van der Waals surface area contributed by atoms with E-state index in [1.54, 1.807) is 29.2 Å². The Morgan fingerprint density at radius 2 is 1.87 bits per heavy atom. The summed E-state index contributed by atoms with van der Waals surface area (Å²) in [5.74, 6) is 0.292. The molecule has 7 nitrogen and oxygen atoms in total. The van der Waals surface area contributed by atoms with Gasteiger partial charge in [-0.25, -0.2) is 0 Å². The average Bonchev–Trinajstić information content (AvgIpc) is 3.08. The summed E-state index contributed by atoms with van der Waals surface area (Å²) in [6, 6.07) is 10.1. The Morgan fingerprint density at radius 3 is 2.53 bits per heavy atom. The van der Waals surface area contributed by atoms with E-state index in [0.29, 0.717) is 52.5 Å². The molecule has 1 aliphatic heterocycles. The van der Waals surface area contributed by atoms with Crippen molar-refractivity contribution in [2.45, 2.75) is 0 Å². The lowest BCUT2D eigenvalue weighted by atomic mass is 10.2. The van der Waals surface area contributed by atoms with Crippen LogP contribution in [0.15, 0.2) is 36.4 Å². The summed E-state index contributed by atoms with van der Waals surface area (Å²) < 4.78 is 5.96. The highest BCUT2D eigenvalue weighted by Crippen LogP contribution is 2.38. The number of carbonyl (C=O) groups excluding carboxylic acids is 1. The second-order valence-corrected chi connectivity index (χ2v) is 8.64. The molecule has 1 aliphatic rings. The zero-order valence-corrected chi connectivity index (χ0v) is 18.3. The summed E-state index contributed by atoms with van der Waals surface area (Å²) in [6.45, 7) is 1.83. The van der Waals surface area contributed by atoms with Gasteiger partial charge in [-0.15, -0.1) is 11.3 Å². The third-order valence-electron chi connectivity index (χ3n) is 5.07. The number of methoxy groups -OCH3 is 1. The van der Waals surface area contributed by atoms with Gasteiger partial charge in [-0.2, -0.15) is 0 Å². The first-order valence-electron chi connectivity index (χ1n) is 9.13. The Kier molecular flexibility index (Phi) is 5.73. The predicted octanol–water partition coefficient (Wildman–Crippen LogP) is 5.09. The zero-order chi connectivity index (χ0) is 21.4. The number of amides is 1. The Morgan fingerprint density at radius 1 is 1.13 bits per heavy atom. The number of ether oxygens (including phenoxy) is 1. The summed E-state index contributed by atoms with van der Waals surface area (Å²) in [7, 11) is 1.47. The van der Waals surface area contributed by atoms with E-state index in [-0.39, 0.29) is 11.6 Å². The number of fused-ring (bicyclic) bond motifs is 1. The van der Waals surface area contributed by atoms with Crippen LogP contribution in [-0.2, 0) is 0 Å². The van der Waals surface area contributed by atoms with E-state index in [4.69, 9.17) is 27.9 Å². The van der Waals surface area contributed by atoms with Crippen LogP contribution < -0.4 is 9.64 Å². The first kappa shape index (κ1) is 20.7. The monoisotopic (exact) mass is 465 g/mol. The van der Waals surface area contributed by atoms with Gasteiger partial charge in [0, 0.05) is 41.3 Å². The van der Waals surface area contributed by atoms with Gasteiger partial charge in [0.1, 0.15) is 16.3 Å². The highest BCUT2D eigenvalue weighted by atomic mass is 35.5. The molecule has 1 amide bonds. The minimum atomic E-state index is -0.419. The normalized spacial score (nSPS) is 14.2. The molecule has 0 spiro atoms. The Balaban J connectivity index is 1.52. The third kappa shape index (κ3) is 3.78. The lowest BCUT2D eigenvalue weighted by Gasteiger charge is -2.35. The molecule has 1 aromatic heterocycles. The fourth-order valence-corrected chi connectivity index (χ4v) is 5.27. The van der Waals surface area contributed by atoms with Crippen LogP contribution >= 0.6 is 34.5 Å². The molecule has 10 heteroatoms. The van der Waals surface area contributed by atoms with Gasteiger partial charge in [-0.05, 0) is 24.3 Å². The van der Waals surface area contributed by atoms with Crippen molar-refractivity contribution in [3.63, 3.8) is 0 Å². The van der Waals surface area contributed by atoms with Crippen molar-refractivity contribution in [2.24, 2.45) is 0 Å². The molecular formula is C20H17Cl2N3O4S. The van der Waals surface area contributed by atoms with E-state index in [0.717, 1.165) is 10.1 Å². The van der Waals surface area contributed by atoms with Crippen LogP contribution in [0.4, 0.5) is 11.4 Å². The molecule has 1 saturated heterocycles. The molecule has 0 aliphatic carbocycles. The van der Waals surface area contributed by atoms with Crippen molar-refractivity contribution >= 4 is 61.9 Å². The van der Waals surface area contributed by atoms with Crippen LogP contribution in [0.5, 0.6) is 5.75 Å². The maximum Gasteiger partial charge on any atom is 0.296 e. The van der Waals surface area contributed by atoms with Crippen molar-refractivity contribution in [1.29, 1.82) is 0 Å². The molecule has 1 fully saturated rings. The number of halogens is 2. The number of nitro benzene ring substituents is 1. The Hall–Kier alpha value is -2.55. The summed E-state index contributed by atoms with van der Waals surface area (Å²) in [4.78, 5) is 28.2. The molecule has 2 heterocycles. The lowest BCUT2D eigenvalue weighted by molar-refractivity contribution is -0.384. The number of nitrogens with zero attached hydrogens (tertiary/aromatic N) is 3. The number of hydrogen-bond donors (Lipinski definition) is 0. The van der Waals surface area contributed by atoms with Gasteiger partial charge in [0.2, 0.25) is 0 Å². The van der Waals surface area contributed by atoms with E-state index in [9.17, 15) is 14.9 Å². The van der Waals surface area contributed by atoms with Crippen LogP contribution in [0, 0.1) is 10.1 Å². The number of rotatable bonds is 4. The molecule has 0 bridgehead atoms. The van der Waals surface area contributed by atoms with Gasteiger partial charge in [-0.3, -0.25) is 14.9 Å². The summed E-state index contributed by atoms with van der Waals surface area (Å²) in [6.07, 6.45) is 0. The maximum atomic E-state index is 13.1. The van der Waals surface area contributed by atoms with Gasteiger partial charge in [-0.1, -0.05) is 29.3 Å². The molecule has 0 N–H and O–H groups in total. The second kappa shape index (κ2) is 8.29. The number of nitro groups is 1. The van der Waals surface area contributed by atoms with Gasteiger partial charge >= 0.3 is 0 Å². The molecule has 3 aromatic rings. The quantitative estimate of drug-likeness (QED) is 0.396. The number of thiophene rings is 1. The van der Waals surface area contributed by atoms with Crippen molar-refractivity contribution < 1.29 is 14.5 Å². The molecule has 0 unspecified atom stereocenters.